The molecule has 0 aliphatic carbocycles. The average molecular weight is 470 g/mol. The van der Waals surface area contributed by atoms with Gasteiger partial charge in [0.05, 0.1) is 32.1 Å². The number of methoxy groups -OCH3 is 2. The lowest BCUT2D eigenvalue weighted by Gasteiger charge is -2.17. The van der Waals surface area contributed by atoms with Crippen molar-refractivity contribution in [1.29, 1.82) is 0 Å². The van der Waals surface area contributed by atoms with Crippen LogP contribution in [0.2, 0.25) is 0 Å². The third-order valence-electron chi connectivity index (χ3n) is 6.14. The maximum atomic E-state index is 13.7. The van der Waals surface area contributed by atoms with E-state index < -0.39 is 0 Å². The highest BCUT2D eigenvalue weighted by atomic mass is 16.5. The molecule has 0 saturated carbocycles. The Morgan fingerprint density at radius 3 is 2.11 bits per heavy atom. The summed E-state index contributed by atoms with van der Waals surface area (Å²) in [5.41, 5.74) is 7.27. The molecule has 35 heavy (non-hydrogen) atoms. The molecule has 0 atom stereocenters. The highest BCUT2D eigenvalue weighted by molar-refractivity contribution is 5.64. The van der Waals surface area contributed by atoms with Crippen molar-refractivity contribution in [3.63, 3.8) is 0 Å². The van der Waals surface area contributed by atoms with Gasteiger partial charge in [-0.1, -0.05) is 48.0 Å². The van der Waals surface area contributed by atoms with Gasteiger partial charge in [0.25, 0.3) is 0 Å². The van der Waals surface area contributed by atoms with E-state index in [0.29, 0.717) is 23.5 Å². The normalized spacial score (nSPS) is 11.5. The summed E-state index contributed by atoms with van der Waals surface area (Å²) in [5.74, 6) is 1.23. The van der Waals surface area contributed by atoms with E-state index in [1.54, 1.807) is 30.4 Å². The Balaban J connectivity index is 2.00. The van der Waals surface area contributed by atoms with Gasteiger partial charge >= 0.3 is 5.69 Å². The third-order valence-corrected chi connectivity index (χ3v) is 6.14. The van der Waals surface area contributed by atoms with Crippen LogP contribution < -0.4 is 20.7 Å². The maximum Gasteiger partial charge on any atom is 0.330 e. The second-order valence-electron chi connectivity index (χ2n) is 8.73. The van der Waals surface area contributed by atoms with Crippen molar-refractivity contribution in [2.75, 3.05) is 14.2 Å². The van der Waals surface area contributed by atoms with Gasteiger partial charge in [0, 0.05) is 18.7 Å². The first-order valence-electron chi connectivity index (χ1n) is 11.5. The van der Waals surface area contributed by atoms with Crippen LogP contribution in [0.25, 0.3) is 11.3 Å². The lowest BCUT2D eigenvalue weighted by molar-refractivity contribution is 0.355. The van der Waals surface area contributed by atoms with Gasteiger partial charge in [-0.05, 0) is 55.7 Å². The topological polar surface area (TPSA) is 57.8 Å². The van der Waals surface area contributed by atoms with Crippen LogP contribution >= 0.6 is 0 Å². The minimum Gasteiger partial charge on any atom is -0.493 e. The van der Waals surface area contributed by atoms with Gasteiger partial charge in [-0.3, -0.25) is 9.13 Å². The molecule has 1 heterocycles. The van der Waals surface area contributed by atoms with E-state index in [-0.39, 0.29) is 5.69 Å². The molecule has 6 nitrogen and oxygen atoms in total. The summed E-state index contributed by atoms with van der Waals surface area (Å²) in [6, 6.07) is 21.8. The SMILES string of the molecule is COc1ccc(-c2cc(=Nc3c(C)cc(C)cc3C)n(C)c(=O)n2Cc2ccccc2)cc1OC. The summed E-state index contributed by atoms with van der Waals surface area (Å²) in [7, 11) is 4.97. The predicted molar refractivity (Wildman–Crippen MR) is 140 cm³/mol. The molecule has 0 fully saturated rings. The van der Waals surface area contributed by atoms with Crippen molar-refractivity contribution in [3.8, 4) is 22.8 Å². The summed E-state index contributed by atoms with van der Waals surface area (Å²) in [5, 5.41) is 0. The van der Waals surface area contributed by atoms with Gasteiger partial charge in [-0.2, -0.15) is 0 Å². The molecule has 0 N–H and O–H groups in total. The predicted octanol–water partition coefficient (Wildman–Crippen LogP) is 5.08. The Bertz CT molecular complexity index is 1480. The van der Waals surface area contributed by atoms with E-state index in [2.05, 4.69) is 19.1 Å². The maximum absolute atomic E-state index is 13.7. The fraction of sp³-hybridized carbons (Fsp3) is 0.241. The van der Waals surface area contributed by atoms with Crippen molar-refractivity contribution >= 4 is 5.69 Å². The minimum absolute atomic E-state index is 0.151. The monoisotopic (exact) mass is 469 g/mol. The summed E-state index contributed by atoms with van der Waals surface area (Å²) in [4.78, 5) is 18.6. The van der Waals surface area contributed by atoms with E-state index in [0.717, 1.165) is 33.6 Å². The Labute approximate surface area is 205 Å². The number of rotatable bonds is 6. The van der Waals surface area contributed by atoms with E-state index in [1.165, 1.54) is 5.56 Å². The van der Waals surface area contributed by atoms with E-state index >= 15 is 0 Å². The molecule has 0 aliphatic heterocycles. The van der Waals surface area contributed by atoms with Crippen molar-refractivity contribution in [3.05, 3.63) is 105 Å². The first-order chi connectivity index (χ1) is 16.8. The number of ether oxygens (including phenoxy) is 2. The fourth-order valence-corrected chi connectivity index (χ4v) is 4.40. The zero-order valence-electron chi connectivity index (χ0n) is 21.1. The number of hydrogen-bond acceptors (Lipinski definition) is 4. The van der Waals surface area contributed by atoms with Gasteiger partial charge in [0.2, 0.25) is 0 Å². The van der Waals surface area contributed by atoms with Gasteiger partial charge in [0.15, 0.2) is 11.5 Å². The Kier molecular flexibility index (Phi) is 6.92. The Morgan fingerprint density at radius 1 is 0.829 bits per heavy atom. The van der Waals surface area contributed by atoms with Crippen LogP contribution in [-0.2, 0) is 13.6 Å². The highest BCUT2D eigenvalue weighted by Crippen LogP contribution is 2.32. The van der Waals surface area contributed by atoms with E-state index in [4.69, 9.17) is 14.5 Å². The molecular weight excluding hydrogens is 438 g/mol. The molecule has 0 aliphatic rings. The van der Waals surface area contributed by atoms with Crippen molar-refractivity contribution < 1.29 is 9.47 Å². The van der Waals surface area contributed by atoms with Crippen LogP contribution in [0.5, 0.6) is 11.5 Å². The smallest absolute Gasteiger partial charge is 0.330 e. The summed E-state index contributed by atoms with van der Waals surface area (Å²) in [6.07, 6.45) is 0. The summed E-state index contributed by atoms with van der Waals surface area (Å²) >= 11 is 0. The van der Waals surface area contributed by atoms with E-state index in [9.17, 15) is 4.79 Å². The molecule has 4 aromatic rings. The molecule has 3 aromatic carbocycles. The average Bonchev–Trinajstić information content (AvgIpc) is 2.85. The lowest BCUT2D eigenvalue weighted by atomic mass is 10.1. The molecule has 0 amide bonds. The van der Waals surface area contributed by atoms with Crippen LogP contribution in [0.3, 0.4) is 0 Å². The number of aromatic nitrogens is 2. The highest BCUT2D eigenvalue weighted by Gasteiger charge is 2.14. The molecule has 1 aromatic heterocycles. The first-order valence-corrected chi connectivity index (χ1v) is 11.5. The lowest BCUT2D eigenvalue weighted by Crippen LogP contribution is -2.39. The van der Waals surface area contributed by atoms with Gasteiger partial charge in [-0.15, -0.1) is 0 Å². The van der Waals surface area contributed by atoms with Crippen molar-refractivity contribution in [2.24, 2.45) is 12.0 Å². The zero-order chi connectivity index (χ0) is 25.1. The summed E-state index contributed by atoms with van der Waals surface area (Å²) < 4.78 is 14.3. The zero-order valence-corrected chi connectivity index (χ0v) is 21.1. The first kappa shape index (κ1) is 24.1. The van der Waals surface area contributed by atoms with Crippen LogP contribution in [-0.4, -0.2) is 23.4 Å². The van der Waals surface area contributed by atoms with Crippen LogP contribution in [0.1, 0.15) is 22.3 Å². The third kappa shape index (κ3) is 4.92. The molecule has 6 heteroatoms. The van der Waals surface area contributed by atoms with Crippen LogP contribution in [0.15, 0.2) is 76.5 Å². The van der Waals surface area contributed by atoms with Gasteiger partial charge in [-0.25, -0.2) is 9.79 Å². The quantitative estimate of drug-likeness (QED) is 0.396. The molecule has 180 valence electrons. The number of benzene rings is 3. The molecule has 0 unspecified atom stereocenters. The summed E-state index contributed by atoms with van der Waals surface area (Å²) in [6.45, 7) is 6.60. The molecule has 0 saturated heterocycles. The molecular formula is C29H31N3O3. The number of nitrogens with zero attached hydrogens (tertiary/aromatic N) is 3. The van der Waals surface area contributed by atoms with Gasteiger partial charge in [0.1, 0.15) is 5.49 Å². The van der Waals surface area contributed by atoms with Crippen LogP contribution in [0.4, 0.5) is 5.69 Å². The molecule has 0 bridgehead atoms. The largest absolute Gasteiger partial charge is 0.493 e. The van der Waals surface area contributed by atoms with E-state index in [1.807, 2.05) is 68.4 Å². The molecule has 0 radical (unpaired) electrons. The van der Waals surface area contributed by atoms with Gasteiger partial charge < -0.3 is 9.47 Å². The molecule has 0 spiro atoms. The van der Waals surface area contributed by atoms with Crippen molar-refractivity contribution in [2.45, 2.75) is 27.3 Å². The second kappa shape index (κ2) is 10.1. The standard InChI is InChI=1S/C29H31N3O3/c1-19-14-20(2)28(21(3)15-19)30-27-17-24(23-12-13-25(34-5)26(16-23)35-6)32(29(33)31(27)4)18-22-10-8-7-9-11-22/h7-17H,18H2,1-6H3. The fourth-order valence-electron chi connectivity index (χ4n) is 4.40. The second-order valence-corrected chi connectivity index (χ2v) is 8.73. The van der Waals surface area contributed by atoms with Crippen molar-refractivity contribution in [1.82, 2.24) is 9.13 Å². The number of aryl methyl sites for hydroxylation is 3. The molecule has 4 rings (SSSR count). The van der Waals surface area contributed by atoms with Crippen LogP contribution in [0, 0.1) is 20.8 Å². The Morgan fingerprint density at radius 2 is 1.49 bits per heavy atom. The Hall–Kier alpha value is -4.06. The minimum atomic E-state index is -0.151. The number of hydrogen-bond donors (Lipinski definition) is 0.